The molecule has 3 saturated heterocycles. The molecule has 14 heteroatoms. The van der Waals surface area contributed by atoms with Gasteiger partial charge in [-0.1, -0.05) is 145 Å². The van der Waals surface area contributed by atoms with Gasteiger partial charge in [0.05, 0.1) is 56.5 Å². The molecule has 125 heavy (non-hydrogen) atoms. The maximum absolute atomic E-state index is 13.3. The van der Waals surface area contributed by atoms with E-state index in [0.717, 1.165) is 138 Å². The Bertz CT molecular complexity index is 7160. The minimum Gasteiger partial charge on any atom is -0.381 e. The average molecular weight is 1640 g/mol. The van der Waals surface area contributed by atoms with Crippen LogP contribution in [0.25, 0.3) is 146 Å². The number of rotatable bonds is 10. The second-order valence-corrected chi connectivity index (χ2v) is 33.2. The van der Waals surface area contributed by atoms with Crippen molar-refractivity contribution in [2.75, 3.05) is 39.5 Å². The summed E-state index contributed by atoms with van der Waals surface area (Å²) in [5.74, 6) is -0.254. The molecule has 0 saturated carbocycles. The third-order valence-electron chi connectivity index (χ3n) is 25.6. The Balaban J connectivity index is 0.000000115. The molecule has 3 fully saturated rings. The van der Waals surface area contributed by atoms with Crippen LogP contribution in [0.3, 0.4) is 0 Å². The summed E-state index contributed by atoms with van der Waals surface area (Å²) < 4.78 is 35.9. The number of nitrogens with one attached hydrogen (secondary N) is 1. The number of aryl methyl sites for hydroxylation is 6. The van der Waals surface area contributed by atoms with Crippen molar-refractivity contribution in [2.24, 2.45) is 0 Å². The van der Waals surface area contributed by atoms with Crippen molar-refractivity contribution in [3.05, 3.63) is 386 Å². The fourth-order valence-electron chi connectivity index (χ4n) is 18.1. The van der Waals surface area contributed by atoms with Crippen LogP contribution in [0.5, 0.6) is 0 Å². The maximum atomic E-state index is 13.3. The van der Waals surface area contributed by atoms with Gasteiger partial charge in [0.25, 0.3) is 0 Å². The van der Waals surface area contributed by atoms with Gasteiger partial charge >= 0.3 is 0 Å². The Kier molecular flexibility index (Phi) is 25.0. The Labute approximate surface area is 732 Å². The molecule has 5 aromatic heterocycles. The standard InChI is InChI=1S/C23H17FN2.C23H25N3.C22H22N2O.C22H16N2.C21H20N2O/c1-15-5-4-6-20(16(15)2)22-14-26(19-10-7-17(24)8-11-19)23-12-9-18(25-3)13-21(22)23;1-15-6-5-7-19(17(15)3)21-14-26(18-8-10-25-11-9-18)23-12-16(2)22(24-4)13-20(21)23;1-15-5-4-6-19(16(15)2)21-14-24(18-9-11-25-12-10-18)22-8-7-17(23-3)13-20(21)22;1-16-7-6-8-17(13-16)21-15-24(19-9-4-3-5-10-19)22-12-11-18(23-2)14-20(21)22;1-14-5-4-6-18(15(14)2)20-12-23(17-9-10-24-13-17)21-8-7-16(22-3)11-19(20)21/h4-14H,1-2H3;5-7,12-14,18,25H,8-11H2,1-3H3;4-8,13-14,18H,9-12H2,1-2H3;3-15H,1H3;4-8,11-12,17H,9-10,13H2,1-2H3. The molecule has 0 radical (unpaired) electrons. The van der Waals surface area contributed by atoms with Crippen LogP contribution < -0.4 is 5.32 Å². The number of benzene rings is 12. The smallest absolute Gasteiger partial charge is 0.190 e. The predicted octanol–water partition coefficient (Wildman–Crippen LogP) is 29.7. The van der Waals surface area contributed by atoms with Gasteiger partial charge in [0.1, 0.15) is 5.82 Å². The molecule has 0 amide bonds. The van der Waals surface area contributed by atoms with Crippen molar-refractivity contribution in [1.29, 1.82) is 0 Å². The van der Waals surface area contributed by atoms with Crippen LogP contribution in [0.15, 0.2) is 268 Å². The summed E-state index contributed by atoms with van der Waals surface area (Å²) in [6, 6.07) is 80.3. The van der Waals surface area contributed by atoms with Crippen LogP contribution in [-0.4, -0.2) is 62.4 Å². The van der Waals surface area contributed by atoms with E-state index < -0.39 is 0 Å². The number of aromatic nitrogens is 5. The van der Waals surface area contributed by atoms with Gasteiger partial charge in [-0.3, -0.25) is 0 Å². The summed E-state index contributed by atoms with van der Waals surface area (Å²) in [6.45, 7) is 63.7. The zero-order valence-electron chi connectivity index (χ0n) is 72.6. The number of ether oxygens (including phenoxy) is 2. The molecule has 13 nitrogen and oxygen atoms in total. The van der Waals surface area contributed by atoms with Crippen molar-refractivity contribution >= 4 is 83.0 Å². The SMILES string of the molecule is [C-]#[N+]c1cc2c(-c3cccc(C)c3C)cn(C3CCNCC3)c2cc1C.[C-]#[N+]c1ccc2c(c1)c(-c1cccc(C)c1)cn2-c1ccccc1.[C-]#[N+]c1ccc2c(c1)c(-c1cccc(C)c1C)cn2-c1ccc(F)cc1.[C-]#[N+]c1ccc2c(c1)c(-c1cccc(C)c1C)cn2C1CCOC1.[C-]#[N+]c1ccc2c(c1)c(-c1cccc(C)c1C)cn2C1CCOCC1. The third-order valence-corrected chi connectivity index (χ3v) is 25.6. The van der Waals surface area contributed by atoms with Crippen molar-refractivity contribution in [1.82, 2.24) is 28.2 Å². The van der Waals surface area contributed by atoms with Gasteiger partial charge < -0.3 is 37.6 Å². The van der Waals surface area contributed by atoms with Gasteiger partial charge in [-0.15, -0.1) is 0 Å². The normalized spacial score (nSPS) is 13.9. The second-order valence-electron chi connectivity index (χ2n) is 33.2. The highest BCUT2D eigenvalue weighted by atomic mass is 19.1. The highest BCUT2D eigenvalue weighted by Crippen LogP contribution is 2.45. The van der Waals surface area contributed by atoms with Crippen LogP contribution >= 0.6 is 0 Å². The number of hydrogen-bond donors (Lipinski definition) is 1. The first-order valence-corrected chi connectivity index (χ1v) is 42.9. The fraction of sp³-hybridized carbons (Fsp3) is 0.216. The first-order chi connectivity index (χ1) is 60.8. The van der Waals surface area contributed by atoms with E-state index >= 15 is 0 Å². The average Bonchev–Trinajstić information content (AvgIpc) is 1.64. The van der Waals surface area contributed by atoms with E-state index in [1.165, 1.54) is 128 Å². The summed E-state index contributed by atoms with van der Waals surface area (Å²) >= 11 is 0. The Morgan fingerprint density at radius 3 is 1.14 bits per heavy atom. The zero-order chi connectivity index (χ0) is 87.1. The molecule has 12 aromatic carbocycles. The number of halogens is 1. The highest BCUT2D eigenvalue weighted by Gasteiger charge is 2.27. The largest absolute Gasteiger partial charge is 0.381 e. The van der Waals surface area contributed by atoms with Crippen LogP contribution in [-0.2, 0) is 9.47 Å². The molecule has 3 aliphatic heterocycles. The van der Waals surface area contributed by atoms with E-state index in [9.17, 15) is 4.39 Å². The number of hydrogen-bond acceptors (Lipinski definition) is 3. The molecule has 0 aliphatic carbocycles. The molecule has 1 N–H and O–H groups in total. The molecular weight excluding hydrogens is 1540 g/mol. The van der Waals surface area contributed by atoms with E-state index in [2.05, 4.69) is 279 Å². The molecule has 17 aromatic rings. The molecular formula is C111H100FN11O2. The Morgan fingerprint density at radius 2 is 0.696 bits per heavy atom. The maximum Gasteiger partial charge on any atom is 0.190 e. The van der Waals surface area contributed by atoms with Crippen LogP contribution in [0, 0.1) is 108 Å². The van der Waals surface area contributed by atoms with Gasteiger partial charge in [-0.25, -0.2) is 28.6 Å². The molecule has 618 valence electrons. The number of para-hydroxylation sites is 1. The number of fused-ring (bicyclic) bond motifs is 5. The summed E-state index contributed by atoms with van der Waals surface area (Å²) in [6.07, 6.45) is 16.5. The summed E-state index contributed by atoms with van der Waals surface area (Å²) in [5, 5.41) is 9.13. The van der Waals surface area contributed by atoms with E-state index in [0.29, 0.717) is 40.9 Å². The lowest BCUT2D eigenvalue weighted by Gasteiger charge is -2.25. The predicted molar refractivity (Wildman–Crippen MR) is 513 cm³/mol. The first-order valence-electron chi connectivity index (χ1n) is 42.9. The molecule has 1 atom stereocenters. The zero-order valence-corrected chi connectivity index (χ0v) is 72.6. The number of nitrogens with zero attached hydrogens (tertiary/aromatic N) is 10. The third kappa shape index (κ3) is 17.3. The molecule has 8 heterocycles. The van der Waals surface area contributed by atoms with Gasteiger partial charge in [-0.2, -0.15) is 0 Å². The van der Waals surface area contributed by atoms with E-state index in [1.54, 1.807) is 12.1 Å². The molecule has 1 unspecified atom stereocenters. The summed E-state index contributed by atoms with van der Waals surface area (Å²) in [7, 11) is 0. The van der Waals surface area contributed by atoms with Crippen LogP contribution in [0.4, 0.5) is 32.8 Å². The highest BCUT2D eigenvalue weighted by molar-refractivity contribution is 6.04. The summed E-state index contributed by atoms with van der Waals surface area (Å²) in [5.41, 5.74) is 35.8. The van der Waals surface area contributed by atoms with Gasteiger partial charge in [0, 0.05) is 119 Å². The van der Waals surface area contributed by atoms with Crippen molar-refractivity contribution in [3.63, 3.8) is 0 Å². The monoisotopic (exact) mass is 1640 g/mol. The quantitative estimate of drug-likeness (QED) is 0.139. The first kappa shape index (κ1) is 84.2. The van der Waals surface area contributed by atoms with Crippen LogP contribution in [0.1, 0.15) is 106 Å². The van der Waals surface area contributed by atoms with E-state index in [-0.39, 0.29) is 5.82 Å². The van der Waals surface area contributed by atoms with Crippen LogP contribution in [0.2, 0.25) is 0 Å². The van der Waals surface area contributed by atoms with Crippen molar-refractivity contribution in [2.45, 2.75) is 119 Å². The van der Waals surface area contributed by atoms with Gasteiger partial charge in [-0.05, 0) is 316 Å². The molecule has 0 spiro atoms. The molecule has 3 aliphatic rings. The Hall–Kier alpha value is -14.4. The second kappa shape index (κ2) is 37.1. The number of piperidine rings is 1. The summed E-state index contributed by atoms with van der Waals surface area (Å²) in [4.78, 5) is 18.2. The van der Waals surface area contributed by atoms with Gasteiger partial charge in [0.2, 0.25) is 0 Å². The molecule has 20 rings (SSSR count). The van der Waals surface area contributed by atoms with Crippen molar-refractivity contribution < 1.29 is 13.9 Å². The minimum absolute atomic E-state index is 0.254. The lowest BCUT2D eigenvalue weighted by molar-refractivity contribution is 0.0707. The minimum atomic E-state index is -0.254. The Morgan fingerprint density at radius 1 is 0.312 bits per heavy atom. The van der Waals surface area contributed by atoms with Gasteiger partial charge in [0.15, 0.2) is 28.4 Å². The lowest BCUT2D eigenvalue weighted by Crippen LogP contribution is -2.29. The topological polar surface area (TPSA) is 76.9 Å². The van der Waals surface area contributed by atoms with Crippen molar-refractivity contribution in [3.8, 4) is 67.0 Å². The van der Waals surface area contributed by atoms with E-state index in [1.807, 2.05) is 85.8 Å². The fourth-order valence-corrected chi connectivity index (χ4v) is 18.1. The van der Waals surface area contributed by atoms with E-state index in [4.69, 9.17) is 42.3 Å². The molecule has 0 bridgehead atoms. The lowest BCUT2D eigenvalue weighted by atomic mass is 9.96.